The maximum Gasteiger partial charge on any atom is 0.0764 e. The third kappa shape index (κ3) is 1.95. The normalized spacial score (nSPS) is 29.6. The standard InChI is InChI=1S/C18H24N2O/c1-11(2)13-10-20-9-5-8-15(21)18(20)17-16(13)12-6-3-4-7-14(12)19-17/h3-4,6-7,11,13,15,18-19,21H,5,8-10H2,1-2H3/t13?,15-,18?/m1/s1. The molecule has 1 fully saturated rings. The Hall–Kier alpha value is -1.32. The summed E-state index contributed by atoms with van der Waals surface area (Å²) in [6.45, 7) is 6.82. The average molecular weight is 284 g/mol. The molecule has 0 bridgehead atoms. The molecule has 112 valence electrons. The van der Waals surface area contributed by atoms with Crippen molar-refractivity contribution in [2.75, 3.05) is 13.1 Å². The number of fused-ring (bicyclic) bond motifs is 5. The van der Waals surface area contributed by atoms with Gasteiger partial charge in [0.2, 0.25) is 0 Å². The van der Waals surface area contributed by atoms with Crippen LogP contribution in [0.15, 0.2) is 24.3 Å². The van der Waals surface area contributed by atoms with E-state index in [1.165, 1.54) is 22.2 Å². The van der Waals surface area contributed by atoms with Crippen molar-refractivity contribution in [3.05, 3.63) is 35.5 Å². The van der Waals surface area contributed by atoms with E-state index >= 15 is 0 Å². The molecule has 3 heteroatoms. The van der Waals surface area contributed by atoms with Gasteiger partial charge in [0.25, 0.3) is 0 Å². The van der Waals surface area contributed by atoms with Crippen molar-refractivity contribution in [2.45, 2.75) is 44.8 Å². The average Bonchev–Trinajstić information content (AvgIpc) is 2.85. The topological polar surface area (TPSA) is 39.3 Å². The van der Waals surface area contributed by atoms with Gasteiger partial charge in [0.15, 0.2) is 0 Å². The molecule has 2 aromatic rings. The Morgan fingerprint density at radius 1 is 1.29 bits per heavy atom. The molecule has 3 heterocycles. The molecule has 2 aliphatic rings. The van der Waals surface area contributed by atoms with E-state index in [0.29, 0.717) is 11.8 Å². The van der Waals surface area contributed by atoms with Crippen LogP contribution in [0.1, 0.15) is 49.9 Å². The number of aliphatic hydroxyl groups excluding tert-OH is 1. The van der Waals surface area contributed by atoms with Crippen molar-refractivity contribution in [3.8, 4) is 0 Å². The fourth-order valence-corrected chi connectivity index (χ4v) is 4.33. The highest BCUT2D eigenvalue weighted by molar-refractivity contribution is 5.85. The highest BCUT2D eigenvalue weighted by Crippen LogP contribution is 2.46. The Morgan fingerprint density at radius 3 is 2.90 bits per heavy atom. The van der Waals surface area contributed by atoms with Gasteiger partial charge in [-0.25, -0.2) is 0 Å². The Bertz CT molecular complexity index is 660. The first-order valence-electron chi connectivity index (χ1n) is 8.19. The summed E-state index contributed by atoms with van der Waals surface area (Å²) < 4.78 is 0. The number of hydrogen-bond donors (Lipinski definition) is 2. The SMILES string of the molecule is CC(C)C1CN2CCC[C@@H](O)C2c2[nH]c3ccccc3c21. The highest BCUT2D eigenvalue weighted by Gasteiger charge is 2.41. The van der Waals surface area contributed by atoms with Gasteiger partial charge < -0.3 is 10.1 Å². The summed E-state index contributed by atoms with van der Waals surface area (Å²) in [5, 5.41) is 11.9. The molecule has 0 amide bonds. The molecule has 0 spiro atoms. The third-order valence-corrected chi connectivity index (χ3v) is 5.38. The van der Waals surface area contributed by atoms with Crippen molar-refractivity contribution >= 4 is 10.9 Å². The predicted molar refractivity (Wildman–Crippen MR) is 85.4 cm³/mol. The molecule has 1 aromatic heterocycles. The Labute approximate surface area is 126 Å². The van der Waals surface area contributed by atoms with Crippen LogP contribution in [-0.2, 0) is 0 Å². The lowest BCUT2D eigenvalue weighted by Crippen LogP contribution is -2.47. The molecule has 0 saturated carbocycles. The number of aromatic amines is 1. The lowest BCUT2D eigenvalue weighted by atomic mass is 9.78. The van der Waals surface area contributed by atoms with Crippen molar-refractivity contribution in [1.29, 1.82) is 0 Å². The van der Waals surface area contributed by atoms with E-state index in [9.17, 15) is 5.11 Å². The van der Waals surface area contributed by atoms with Gasteiger partial charge in [0, 0.05) is 29.1 Å². The predicted octanol–water partition coefficient (Wildman–Crippen LogP) is 3.42. The number of para-hydroxylation sites is 1. The molecule has 2 aliphatic heterocycles. The van der Waals surface area contributed by atoms with Crippen LogP contribution in [0.25, 0.3) is 10.9 Å². The van der Waals surface area contributed by atoms with E-state index in [0.717, 1.165) is 25.9 Å². The van der Waals surface area contributed by atoms with Crippen molar-refractivity contribution in [2.24, 2.45) is 5.92 Å². The van der Waals surface area contributed by atoms with Crippen LogP contribution >= 0.6 is 0 Å². The number of aromatic nitrogens is 1. The summed E-state index contributed by atoms with van der Waals surface area (Å²) >= 11 is 0. The van der Waals surface area contributed by atoms with Gasteiger partial charge in [0.05, 0.1) is 12.1 Å². The summed E-state index contributed by atoms with van der Waals surface area (Å²) in [6, 6.07) is 8.76. The second-order valence-electron chi connectivity index (χ2n) is 7.00. The number of H-pyrrole nitrogens is 1. The first-order chi connectivity index (χ1) is 10.2. The minimum absolute atomic E-state index is 0.163. The number of nitrogens with zero attached hydrogens (tertiary/aromatic N) is 1. The van der Waals surface area contributed by atoms with Crippen LogP contribution < -0.4 is 0 Å². The Balaban J connectivity index is 1.94. The fourth-order valence-electron chi connectivity index (χ4n) is 4.33. The molecule has 1 aromatic carbocycles. The van der Waals surface area contributed by atoms with Gasteiger partial charge in [-0.15, -0.1) is 0 Å². The summed E-state index contributed by atoms with van der Waals surface area (Å²) in [5.41, 5.74) is 3.95. The van der Waals surface area contributed by atoms with Gasteiger partial charge in [-0.3, -0.25) is 4.90 Å². The second kappa shape index (κ2) is 4.85. The molecule has 1 saturated heterocycles. The summed E-state index contributed by atoms with van der Waals surface area (Å²) in [5.74, 6) is 1.17. The zero-order valence-electron chi connectivity index (χ0n) is 12.8. The molecule has 3 nitrogen and oxygen atoms in total. The molecule has 0 radical (unpaired) electrons. The van der Waals surface area contributed by atoms with E-state index < -0.39 is 0 Å². The molecule has 21 heavy (non-hydrogen) atoms. The summed E-state index contributed by atoms with van der Waals surface area (Å²) in [4.78, 5) is 6.13. The molecule has 3 atom stereocenters. The maximum atomic E-state index is 10.5. The van der Waals surface area contributed by atoms with Crippen LogP contribution in [0.2, 0.25) is 0 Å². The van der Waals surface area contributed by atoms with Gasteiger partial charge in [-0.2, -0.15) is 0 Å². The number of nitrogens with one attached hydrogen (secondary N) is 1. The lowest BCUT2D eigenvalue weighted by molar-refractivity contribution is -0.00552. The first-order valence-corrected chi connectivity index (χ1v) is 8.19. The van der Waals surface area contributed by atoms with E-state index in [-0.39, 0.29) is 12.1 Å². The van der Waals surface area contributed by atoms with Crippen LogP contribution in [0.5, 0.6) is 0 Å². The minimum atomic E-state index is -0.237. The van der Waals surface area contributed by atoms with Gasteiger partial charge >= 0.3 is 0 Å². The minimum Gasteiger partial charge on any atom is -0.391 e. The van der Waals surface area contributed by atoms with Crippen LogP contribution in [-0.4, -0.2) is 34.2 Å². The summed E-state index contributed by atoms with van der Waals surface area (Å²) in [6.07, 6.45) is 1.79. The lowest BCUT2D eigenvalue weighted by Gasteiger charge is -2.45. The maximum absolute atomic E-state index is 10.5. The van der Waals surface area contributed by atoms with Crippen LogP contribution in [0.3, 0.4) is 0 Å². The second-order valence-corrected chi connectivity index (χ2v) is 7.00. The van der Waals surface area contributed by atoms with Gasteiger partial charge in [-0.05, 0) is 36.9 Å². The van der Waals surface area contributed by atoms with E-state index in [1.54, 1.807) is 0 Å². The van der Waals surface area contributed by atoms with Crippen molar-refractivity contribution in [3.63, 3.8) is 0 Å². The van der Waals surface area contributed by atoms with Crippen LogP contribution in [0, 0.1) is 5.92 Å². The number of rotatable bonds is 1. The fraction of sp³-hybridized carbons (Fsp3) is 0.556. The van der Waals surface area contributed by atoms with E-state index in [1.807, 2.05) is 0 Å². The van der Waals surface area contributed by atoms with E-state index in [2.05, 4.69) is 48.0 Å². The van der Waals surface area contributed by atoms with Gasteiger partial charge in [0.1, 0.15) is 0 Å². The van der Waals surface area contributed by atoms with Crippen LogP contribution in [0.4, 0.5) is 0 Å². The van der Waals surface area contributed by atoms with Crippen molar-refractivity contribution < 1.29 is 5.11 Å². The monoisotopic (exact) mass is 284 g/mol. The smallest absolute Gasteiger partial charge is 0.0764 e. The highest BCUT2D eigenvalue weighted by atomic mass is 16.3. The van der Waals surface area contributed by atoms with E-state index in [4.69, 9.17) is 0 Å². The molecule has 2 unspecified atom stereocenters. The number of benzene rings is 1. The molecular weight excluding hydrogens is 260 g/mol. The molecule has 4 rings (SSSR count). The molecule has 0 aliphatic carbocycles. The Kier molecular flexibility index (Phi) is 3.09. The Morgan fingerprint density at radius 2 is 2.10 bits per heavy atom. The number of hydrogen-bond acceptors (Lipinski definition) is 2. The first kappa shape index (κ1) is 13.4. The molecular formula is C18H24N2O. The zero-order chi connectivity index (χ0) is 14.6. The van der Waals surface area contributed by atoms with Crippen molar-refractivity contribution in [1.82, 2.24) is 9.88 Å². The number of piperidine rings is 1. The number of aliphatic hydroxyl groups is 1. The third-order valence-electron chi connectivity index (χ3n) is 5.38. The quantitative estimate of drug-likeness (QED) is 0.842. The van der Waals surface area contributed by atoms with Gasteiger partial charge in [-0.1, -0.05) is 32.0 Å². The largest absolute Gasteiger partial charge is 0.391 e. The summed E-state index contributed by atoms with van der Waals surface area (Å²) in [7, 11) is 0. The molecule has 2 N–H and O–H groups in total. The zero-order valence-corrected chi connectivity index (χ0v) is 12.8.